The second-order valence-electron chi connectivity index (χ2n) is 4.85. The summed E-state index contributed by atoms with van der Waals surface area (Å²) in [5, 5.41) is 3.50. The Labute approximate surface area is 114 Å². The van der Waals surface area contributed by atoms with E-state index in [-0.39, 0.29) is 0 Å². The summed E-state index contributed by atoms with van der Waals surface area (Å²) in [4.78, 5) is 8.50. The largest absolute Gasteiger partial charge is 0.478 e. The van der Waals surface area contributed by atoms with Gasteiger partial charge in [0.05, 0.1) is 13.2 Å². The van der Waals surface area contributed by atoms with Crippen LogP contribution in [0.15, 0.2) is 6.07 Å². The molecule has 0 aliphatic carbocycles. The van der Waals surface area contributed by atoms with Crippen molar-refractivity contribution in [2.24, 2.45) is 0 Å². The number of hydrogen-bond acceptors (Lipinski definition) is 5. The van der Waals surface area contributed by atoms with E-state index < -0.39 is 0 Å². The lowest BCUT2D eigenvalue weighted by molar-refractivity contribution is 0.245. The van der Waals surface area contributed by atoms with Crippen LogP contribution in [0.3, 0.4) is 0 Å². The molecule has 1 aromatic heterocycles. The van der Waals surface area contributed by atoms with Crippen LogP contribution in [0.4, 0.5) is 0 Å². The lowest BCUT2D eigenvalue weighted by Gasteiger charge is -2.23. The highest BCUT2D eigenvalue weighted by atomic mass is 16.5. The topological polar surface area (TPSA) is 56.3 Å². The molecule has 1 N–H and O–H groups in total. The van der Waals surface area contributed by atoms with Crippen molar-refractivity contribution in [3.05, 3.63) is 11.8 Å². The number of rotatable bonds is 6. The molecule has 1 aliphatic rings. The second kappa shape index (κ2) is 7.28. The molecule has 5 heteroatoms. The summed E-state index contributed by atoms with van der Waals surface area (Å²) in [5.74, 6) is 0.584. The van der Waals surface area contributed by atoms with E-state index in [0.29, 0.717) is 31.1 Å². The normalized spacial score (nSPS) is 19.2. The molecular weight excluding hydrogens is 242 g/mol. The van der Waals surface area contributed by atoms with E-state index in [1.165, 1.54) is 19.3 Å². The van der Waals surface area contributed by atoms with E-state index in [1.54, 1.807) is 0 Å². The average molecular weight is 265 g/mol. The summed E-state index contributed by atoms with van der Waals surface area (Å²) in [6.07, 6.45) is 4.84. The predicted molar refractivity (Wildman–Crippen MR) is 73.7 cm³/mol. The van der Waals surface area contributed by atoms with Crippen LogP contribution in [0.2, 0.25) is 0 Å². The highest BCUT2D eigenvalue weighted by Crippen LogP contribution is 2.15. The maximum Gasteiger partial charge on any atom is 0.319 e. The van der Waals surface area contributed by atoms with Crippen LogP contribution in [0.1, 0.15) is 38.3 Å². The molecule has 1 atom stereocenters. The number of hydrogen-bond donors (Lipinski definition) is 1. The van der Waals surface area contributed by atoms with Gasteiger partial charge in [-0.25, -0.2) is 4.98 Å². The van der Waals surface area contributed by atoms with Crippen LogP contribution in [0.25, 0.3) is 0 Å². The SMILES string of the molecule is CCOc1cc(C)nc(OCCC2CCCCN2)n1. The lowest BCUT2D eigenvalue weighted by atomic mass is 10.0. The molecule has 0 amide bonds. The fraction of sp³-hybridized carbons (Fsp3) is 0.714. The Bertz CT molecular complexity index is 392. The van der Waals surface area contributed by atoms with Crippen LogP contribution >= 0.6 is 0 Å². The Hall–Kier alpha value is -1.36. The van der Waals surface area contributed by atoms with Gasteiger partial charge in [0.25, 0.3) is 0 Å². The number of piperidine rings is 1. The van der Waals surface area contributed by atoms with Crippen molar-refractivity contribution in [1.29, 1.82) is 0 Å². The van der Waals surface area contributed by atoms with Gasteiger partial charge in [-0.1, -0.05) is 6.42 Å². The molecule has 5 nitrogen and oxygen atoms in total. The molecule has 0 bridgehead atoms. The number of aromatic nitrogens is 2. The van der Waals surface area contributed by atoms with Crippen molar-refractivity contribution >= 4 is 0 Å². The summed E-state index contributed by atoms with van der Waals surface area (Å²) >= 11 is 0. The average Bonchev–Trinajstić information content (AvgIpc) is 2.40. The molecule has 1 unspecified atom stereocenters. The molecule has 1 aliphatic heterocycles. The lowest BCUT2D eigenvalue weighted by Crippen LogP contribution is -2.35. The van der Waals surface area contributed by atoms with Crippen LogP contribution in [0.5, 0.6) is 11.9 Å². The van der Waals surface area contributed by atoms with E-state index in [1.807, 2.05) is 19.9 Å². The number of aryl methyl sites for hydroxylation is 1. The van der Waals surface area contributed by atoms with Gasteiger partial charge in [0.2, 0.25) is 5.88 Å². The first-order chi connectivity index (χ1) is 9.28. The molecule has 2 rings (SSSR count). The molecule has 2 heterocycles. The molecule has 0 radical (unpaired) electrons. The fourth-order valence-corrected chi connectivity index (χ4v) is 2.26. The summed E-state index contributed by atoms with van der Waals surface area (Å²) in [5.41, 5.74) is 0.865. The Kier molecular flexibility index (Phi) is 5.39. The minimum atomic E-state index is 0.416. The highest BCUT2D eigenvalue weighted by molar-refractivity contribution is 5.17. The number of nitrogens with one attached hydrogen (secondary N) is 1. The third-order valence-electron chi connectivity index (χ3n) is 3.21. The smallest absolute Gasteiger partial charge is 0.319 e. The van der Waals surface area contributed by atoms with Gasteiger partial charge in [-0.2, -0.15) is 4.98 Å². The van der Waals surface area contributed by atoms with E-state index in [9.17, 15) is 0 Å². The first-order valence-electron chi connectivity index (χ1n) is 7.12. The zero-order chi connectivity index (χ0) is 13.5. The fourth-order valence-electron chi connectivity index (χ4n) is 2.26. The van der Waals surface area contributed by atoms with Crippen molar-refractivity contribution in [2.75, 3.05) is 19.8 Å². The molecular formula is C14H23N3O2. The molecule has 1 fully saturated rings. The van der Waals surface area contributed by atoms with Crippen molar-refractivity contribution in [2.45, 2.75) is 45.6 Å². The Morgan fingerprint density at radius 2 is 2.21 bits per heavy atom. The van der Waals surface area contributed by atoms with Gasteiger partial charge in [-0.15, -0.1) is 0 Å². The van der Waals surface area contributed by atoms with Gasteiger partial charge in [-0.05, 0) is 39.7 Å². The van der Waals surface area contributed by atoms with Crippen molar-refractivity contribution in [3.63, 3.8) is 0 Å². The molecule has 1 aromatic rings. The van der Waals surface area contributed by atoms with E-state index in [4.69, 9.17) is 9.47 Å². The van der Waals surface area contributed by atoms with Gasteiger partial charge in [0.15, 0.2) is 0 Å². The molecule has 0 spiro atoms. The Balaban J connectivity index is 1.81. The van der Waals surface area contributed by atoms with Crippen molar-refractivity contribution in [1.82, 2.24) is 15.3 Å². The molecule has 0 saturated carbocycles. The zero-order valence-corrected chi connectivity index (χ0v) is 11.8. The summed E-state index contributed by atoms with van der Waals surface area (Å²) in [7, 11) is 0. The van der Waals surface area contributed by atoms with Crippen LogP contribution in [-0.2, 0) is 0 Å². The maximum atomic E-state index is 5.63. The van der Waals surface area contributed by atoms with Crippen LogP contribution in [0, 0.1) is 6.92 Å². The minimum absolute atomic E-state index is 0.416. The highest BCUT2D eigenvalue weighted by Gasteiger charge is 2.12. The summed E-state index contributed by atoms with van der Waals surface area (Å²) in [6, 6.07) is 2.81. The molecule has 0 aromatic carbocycles. The molecule has 1 saturated heterocycles. The third kappa shape index (κ3) is 4.67. The zero-order valence-electron chi connectivity index (χ0n) is 11.8. The maximum absolute atomic E-state index is 5.63. The van der Waals surface area contributed by atoms with Gasteiger partial charge in [0, 0.05) is 17.8 Å². The quantitative estimate of drug-likeness (QED) is 0.853. The second-order valence-corrected chi connectivity index (χ2v) is 4.85. The molecule has 19 heavy (non-hydrogen) atoms. The van der Waals surface area contributed by atoms with Gasteiger partial charge >= 0.3 is 6.01 Å². The van der Waals surface area contributed by atoms with Crippen LogP contribution < -0.4 is 14.8 Å². The number of nitrogens with zero attached hydrogens (tertiary/aromatic N) is 2. The Morgan fingerprint density at radius 1 is 1.32 bits per heavy atom. The summed E-state index contributed by atoms with van der Waals surface area (Å²) < 4.78 is 11.0. The monoisotopic (exact) mass is 265 g/mol. The standard InChI is InChI=1S/C14H23N3O2/c1-3-18-13-10-11(2)16-14(17-13)19-9-7-12-6-4-5-8-15-12/h10,12,15H,3-9H2,1-2H3. The van der Waals surface area contributed by atoms with Crippen LogP contribution in [-0.4, -0.2) is 35.8 Å². The van der Waals surface area contributed by atoms with Crippen molar-refractivity contribution < 1.29 is 9.47 Å². The van der Waals surface area contributed by atoms with E-state index >= 15 is 0 Å². The van der Waals surface area contributed by atoms with Gasteiger partial charge < -0.3 is 14.8 Å². The van der Waals surface area contributed by atoms with E-state index in [0.717, 1.165) is 18.7 Å². The first kappa shape index (κ1) is 14.1. The Morgan fingerprint density at radius 3 is 2.95 bits per heavy atom. The van der Waals surface area contributed by atoms with Gasteiger partial charge in [0.1, 0.15) is 0 Å². The van der Waals surface area contributed by atoms with Gasteiger partial charge in [-0.3, -0.25) is 0 Å². The van der Waals surface area contributed by atoms with E-state index in [2.05, 4.69) is 15.3 Å². The van der Waals surface area contributed by atoms with Crippen molar-refractivity contribution in [3.8, 4) is 11.9 Å². The minimum Gasteiger partial charge on any atom is -0.478 e. The third-order valence-corrected chi connectivity index (χ3v) is 3.21. The first-order valence-corrected chi connectivity index (χ1v) is 7.12. The predicted octanol–water partition coefficient (Wildman–Crippen LogP) is 2.09. The number of ether oxygens (including phenoxy) is 2. The summed E-state index contributed by atoms with van der Waals surface area (Å²) in [6.45, 7) is 6.22. The molecule has 106 valence electrons.